The Morgan fingerprint density at radius 2 is 2.04 bits per heavy atom. The molecule has 1 amide bonds. The molecule has 1 aliphatic heterocycles. The molecule has 1 fully saturated rings. The Bertz CT molecular complexity index is 669. The summed E-state index contributed by atoms with van der Waals surface area (Å²) in [5.41, 5.74) is 2.78. The summed E-state index contributed by atoms with van der Waals surface area (Å²) in [4.78, 5) is 12.1. The van der Waals surface area contributed by atoms with Gasteiger partial charge in [-0.15, -0.1) is 0 Å². The maximum atomic E-state index is 12.1. The van der Waals surface area contributed by atoms with Gasteiger partial charge in [-0.1, -0.05) is 41.9 Å². The number of nitrogens with one attached hydrogen (secondary N) is 3. The van der Waals surface area contributed by atoms with Crippen molar-refractivity contribution < 1.29 is 4.79 Å². The van der Waals surface area contributed by atoms with Crippen LogP contribution >= 0.6 is 11.6 Å². The molecule has 5 heteroatoms. The number of carbonyl (C=O) groups is 1. The standard InChI is InChI=1S/C18H20ClN3O/c19-16-10-15(22-18(23)14-8-9-20-12-14)6-7-17(16)21-11-13-4-2-1-3-5-13/h1-7,10,14,20-21H,8-9,11-12H2,(H,22,23). The summed E-state index contributed by atoms with van der Waals surface area (Å²) in [5, 5.41) is 10.0. The van der Waals surface area contributed by atoms with Gasteiger partial charge in [0.15, 0.2) is 0 Å². The van der Waals surface area contributed by atoms with Gasteiger partial charge in [0, 0.05) is 18.8 Å². The zero-order valence-electron chi connectivity index (χ0n) is 12.8. The molecular weight excluding hydrogens is 310 g/mol. The van der Waals surface area contributed by atoms with E-state index in [0.29, 0.717) is 11.6 Å². The van der Waals surface area contributed by atoms with E-state index in [4.69, 9.17) is 11.6 Å². The van der Waals surface area contributed by atoms with Crippen LogP contribution < -0.4 is 16.0 Å². The Labute approximate surface area is 141 Å². The summed E-state index contributed by atoms with van der Waals surface area (Å²) in [7, 11) is 0. The number of anilines is 2. The average molecular weight is 330 g/mol. The third kappa shape index (κ3) is 4.24. The van der Waals surface area contributed by atoms with Crippen LogP contribution in [0.25, 0.3) is 0 Å². The topological polar surface area (TPSA) is 53.2 Å². The molecule has 0 saturated carbocycles. The predicted octanol–water partition coefficient (Wildman–Crippen LogP) is 3.50. The van der Waals surface area contributed by atoms with Gasteiger partial charge in [-0.05, 0) is 36.7 Å². The fourth-order valence-corrected chi connectivity index (χ4v) is 2.90. The molecule has 4 nitrogen and oxygen atoms in total. The maximum absolute atomic E-state index is 12.1. The van der Waals surface area contributed by atoms with Crippen molar-refractivity contribution in [1.82, 2.24) is 5.32 Å². The number of benzene rings is 2. The van der Waals surface area contributed by atoms with Crippen LogP contribution in [0.15, 0.2) is 48.5 Å². The SMILES string of the molecule is O=C(Nc1ccc(NCc2ccccc2)c(Cl)c1)C1CCNC1. The largest absolute Gasteiger partial charge is 0.380 e. The molecule has 1 saturated heterocycles. The van der Waals surface area contributed by atoms with Gasteiger partial charge >= 0.3 is 0 Å². The molecule has 1 atom stereocenters. The first kappa shape index (κ1) is 15.8. The lowest BCUT2D eigenvalue weighted by Crippen LogP contribution is -2.24. The quantitative estimate of drug-likeness (QED) is 0.787. The summed E-state index contributed by atoms with van der Waals surface area (Å²) in [6.45, 7) is 2.36. The van der Waals surface area contributed by atoms with Crippen molar-refractivity contribution >= 4 is 28.9 Å². The molecule has 0 radical (unpaired) electrons. The van der Waals surface area contributed by atoms with Crippen LogP contribution in [0.5, 0.6) is 0 Å². The van der Waals surface area contributed by atoms with Crippen LogP contribution in [-0.2, 0) is 11.3 Å². The Morgan fingerprint density at radius 1 is 1.22 bits per heavy atom. The minimum Gasteiger partial charge on any atom is -0.380 e. The van der Waals surface area contributed by atoms with E-state index in [-0.39, 0.29) is 11.8 Å². The van der Waals surface area contributed by atoms with E-state index in [9.17, 15) is 4.79 Å². The van der Waals surface area contributed by atoms with Crippen molar-refractivity contribution in [2.75, 3.05) is 23.7 Å². The zero-order chi connectivity index (χ0) is 16.1. The van der Waals surface area contributed by atoms with Crippen molar-refractivity contribution in [3.63, 3.8) is 0 Å². The van der Waals surface area contributed by atoms with E-state index >= 15 is 0 Å². The molecular formula is C18H20ClN3O. The number of halogens is 1. The number of hydrogen-bond donors (Lipinski definition) is 3. The fraction of sp³-hybridized carbons (Fsp3) is 0.278. The van der Waals surface area contributed by atoms with Gasteiger partial charge < -0.3 is 16.0 Å². The maximum Gasteiger partial charge on any atom is 0.228 e. The first-order chi connectivity index (χ1) is 11.2. The molecule has 1 heterocycles. The Balaban J connectivity index is 1.60. The summed E-state index contributed by atoms with van der Waals surface area (Å²) < 4.78 is 0. The molecule has 2 aromatic carbocycles. The molecule has 0 bridgehead atoms. The van der Waals surface area contributed by atoms with E-state index < -0.39 is 0 Å². The summed E-state index contributed by atoms with van der Waals surface area (Å²) >= 11 is 6.31. The average Bonchev–Trinajstić information content (AvgIpc) is 3.10. The van der Waals surface area contributed by atoms with E-state index in [2.05, 4.69) is 28.1 Å². The lowest BCUT2D eigenvalue weighted by Gasteiger charge is -2.13. The molecule has 0 aromatic heterocycles. The van der Waals surface area contributed by atoms with Crippen molar-refractivity contribution in [3.8, 4) is 0 Å². The highest BCUT2D eigenvalue weighted by atomic mass is 35.5. The summed E-state index contributed by atoms with van der Waals surface area (Å²) in [6, 6.07) is 15.7. The van der Waals surface area contributed by atoms with Gasteiger partial charge in [-0.2, -0.15) is 0 Å². The second-order valence-corrected chi connectivity index (χ2v) is 6.12. The van der Waals surface area contributed by atoms with Crippen molar-refractivity contribution in [2.24, 2.45) is 5.92 Å². The van der Waals surface area contributed by atoms with E-state index in [0.717, 1.165) is 30.9 Å². The third-order valence-electron chi connectivity index (χ3n) is 3.99. The smallest absolute Gasteiger partial charge is 0.228 e. The second kappa shape index (κ2) is 7.49. The Morgan fingerprint density at radius 3 is 2.74 bits per heavy atom. The fourth-order valence-electron chi connectivity index (χ4n) is 2.65. The van der Waals surface area contributed by atoms with Crippen molar-refractivity contribution in [3.05, 3.63) is 59.1 Å². The number of rotatable bonds is 5. The highest BCUT2D eigenvalue weighted by molar-refractivity contribution is 6.33. The van der Waals surface area contributed by atoms with Gasteiger partial charge in [0.2, 0.25) is 5.91 Å². The highest BCUT2D eigenvalue weighted by Crippen LogP contribution is 2.26. The first-order valence-corrected chi connectivity index (χ1v) is 8.19. The van der Waals surface area contributed by atoms with Crippen molar-refractivity contribution in [1.29, 1.82) is 0 Å². The minimum atomic E-state index is 0.0460. The summed E-state index contributed by atoms with van der Waals surface area (Å²) in [5.74, 6) is 0.0979. The molecule has 2 aromatic rings. The van der Waals surface area contributed by atoms with Crippen LogP contribution in [0.3, 0.4) is 0 Å². The highest BCUT2D eigenvalue weighted by Gasteiger charge is 2.22. The van der Waals surface area contributed by atoms with Crippen LogP contribution in [0.4, 0.5) is 11.4 Å². The van der Waals surface area contributed by atoms with E-state index in [1.165, 1.54) is 5.56 Å². The van der Waals surface area contributed by atoms with Gasteiger partial charge in [-0.3, -0.25) is 4.79 Å². The first-order valence-electron chi connectivity index (χ1n) is 7.81. The molecule has 23 heavy (non-hydrogen) atoms. The monoisotopic (exact) mass is 329 g/mol. The van der Waals surface area contributed by atoms with Crippen LogP contribution in [0.1, 0.15) is 12.0 Å². The number of hydrogen-bond acceptors (Lipinski definition) is 3. The minimum absolute atomic E-state index is 0.0460. The zero-order valence-corrected chi connectivity index (χ0v) is 13.6. The van der Waals surface area contributed by atoms with E-state index in [1.807, 2.05) is 30.3 Å². The van der Waals surface area contributed by atoms with Crippen molar-refractivity contribution in [2.45, 2.75) is 13.0 Å². The normalized spacial score (nSPS) is 17.0. The molecule has 0 spiro atoms. The second-order valence-electron chi connectivity index (χ2n) is 5.71. The number of amides is 1. The third-order valence-corrected chi connectivity index (χ3v) is 4.31. The van der Waals surface area contributed by atoms with Gasteiger partial charge in [0.05, 0.1) is 16.6 Å². The molecule has 3 N–H and O–H groups in total. The van der Waals surface area contributed by atoms with Crippen LogP contribution in [-0.4, -0.2) is 19.0 Å². The van der Waals surface area contributed by atoms with Gasteiger partial charge in [-0.25, -0.2) is 0 Å². The summed E-state index contributed by atoms with van der Waals surface area (Å²) in [6.07, 6.45) is 0.885. The van der Waals surface area contributed by atoms with Crippen LogP contribution in [0, 0.1) is 5.92 Å². The Kier molecular flexibility index (Phi) is 5.16. The van der Waals surface area contributed by atoms with Gasteiger partial charge in [0.25, 0.3) is 0 Å². The molecule has 120 valence electrons. The molecule has 1 aliphatic rings. The van der Waals surface area contributed by atoms with Gasteiger partial charge in [0.1, 0.15) is 0 Å². The molecule has 0 aliphatic carbocycles. The molecule has 3 rings (SSSR count). The lowest BCUT2D eigenvalue weighted by molar-refractivity contribution is -0.119. The molecule has 1 unspecified atom stereocenters. The number of carbonyl (C=O) groups excluding carboxylic acids is 1. The van der Waals surface area contributed by atoms with E-state index in [1.54, 1.807) is 6.07 Å². The predicted molar refractivity (Wildman–Crippen MR) is 94.8 cm³/mol. The van der Waals surface area contributed by atoms with Crippen LogP contribution in [0.2, 0.25) is 5.02 Å². The lowest BCUT2D eigenvalue weighted by atomic mass is 10.1. The Hall–Kier alpha value is -2.04.